The SMILES string of the molecule is c1cc2c[nH]nc2[se]1. The Bertz CT molecular complexity index is 232. The van der Waals surface area contributed by atoms with E-state index >= 15 is 0 Å². The molecular weight excluding hydrogens is 167 g/mol. The standard InChI is InChI=1S/C5H4N2Se/c1-2-8-5-4(1)3-6-7-5/h1-3H,(H,6,7). The van der Waals surface area contributed by atoms with Crippen LogP contribution >= 0.6 is 0 Å². The van der Waals surface area contributed by atoms with Gasteiger partial charge < -0.3 is 0 Å². The van der Waals surface area contributed by atoms with E-state index in [4.69, 9.17) is 0 Å². The van der Waals surface area contributed by atoms with E-state index < -0.39 is 0 Å². The average Bonchev–Trinajstić information content (AvgIpc) is 2.15. The van der Waals surface area contributed by atoms with Gasteiger partial charge in [-0.15, -0.1) is 0 Å². The fourth-order valence-electron chi connectivity index (χ4n) is 0.672. The summed E-state index contributed by atoms with van der Waals surface area (Å²) in [7, 11) is 0. The summed E-state index contributed by atoms with van der Waals surface area (Å²) in [4.78, 5) is 2.18. The van der Waals surface area contributed by atoms with Crippen molar-refractivity contribution >= 4 is 24.3 Å². The molecule has 2 nitrogen and oxygen atoms in total. The van der Waals surface area contributed by atoms with E-state index in [-0.39, 0.29) is 0 Å². The van der Waals surface area contributed by atoms with Crippen LogP contribution in [0.4, 0.5) is 0 Å². The topological polar surface area (TPSA) is 28.7 Å². The second kappa shape index (κ2) is 1.47. The van der Waals surface area contributed by atoms with Crippen molar-refractivity contribution in [3.63, 3.8) is 0 Å². The zero-order valence-electron chi connectivity index (χ0n) is 4.09. The van der Waals surface area contributed by atoms with E-state index in [0.29, 0.717) is 14.5 Å². The number of aromatic nitrogens is 2. The quantitative estimate of drug-likeness (QED) is 0.578. The van der Waals surface area contributed by atoms with Crippen molar-refractivity contribution in [2.45, 2.75) is 0 Å². The Morgan fingerprint density at radius 1 is 1.62 bits per heavy atom. The van der Waals surface area contributed by atoms with Crippen molar-refractivity contribution in [1.82, 2.24) is 10.2 Å². The monoisotopic (exact) mass is 172 g/mol. The van der Waals surface area contributed by atoms with Crippen molar-refractivity contribution in [2.75, 3.05) is 0 Å². The molecular formula is C5H4N2Se. The molecule has 0 spiro atoms. The maximum absolute atomic E-state index is 4.04. The molecule has 0 radical (unpaired) electrons. The summed E-state index contributed by atoms with van der Waals surface area (Å²) in [6.45, 7) is 0. The van der Waals surface area contributed by atoms with Gasteiger partial charge in [0.25, 0.3) is 0 Å². The normalized spacial score (nSPS) is 10.5. The summed E-state index contributed by atoms with van der Waals surface area (Å²) >= 11 is 0.509. The van der Waals surface area contributed by atoms with Gasteiger partial charge in [-0.1, -0.05) is 0 Å². The van der Waals surface area contributed by atoms with Crippen LogP contribution in [0.1, 0.15) is 0 Å². The van der Waals surface area contributed by atoms with Gasteiger partial charge in [0.2, 0.25) is 0 Å². The van der Waals surface area contributed by atoms with Crippen molar-refractivity contribution in [2.24, 2.45) is 0 Å². The molecule has 0 aliphatic rings. The molecule has 0 unspecified atom stereocenters. The van der Waals surface area contributed by atoms with Crippen LogP contribution in [0.25, 0.3) is 9.78 Å². The van der Waals surface area contributed by atoms with Crippen LogP contribution in [0.3, 0.4) is 0 Å². The third-order valence-electron chi connectivity index (χ3n) is 1.06. The molecule has 2 aromatic heterocycles. The summed E-state index contributed by atoms with van der Waals surface area (Å²) in [6, 6.07) is 2.11. The molecule has 0 fully saturated rings. The number of H-pyrrole nitrogens is 1. The van der Waals surface area contributed by atoms with Crippen LogP contribution in [0.5, 0.6) is 0 Å². The number of hydrogen-bond donors (Lipinski definition) is 1. The Morgan fingerprint density at radius 3 is 3.50 bits per heavy atom. The molecule has 2 heterocycles. The first kappa shape index (κ1) is 4.36. The molecule has 3 heteroatoms. The summed E-state index contributed by atoms with van der Waals surface area (Å²) in [5, 5.41) is 8.12. The average molecular weight is 171 g/mol. The maximum atomic E-state index is 4.04. The number of fused-ring (bicyclic) bond motifs is 1. The van der Waals surface area contributed by atoms with Crippen molar-refractivity contribution < 1.29 is 0 Å². The van der Waals surface area contributed by atoms with Gasteiger partial charge in [0.05, 0.1) is 0 Å². The van der Waals surface area contributed by atoms with E-state index in [1.807, 2.05) is 6.20 Å². The number of nitrogens with one attached hydrogen (secondary N) is 1. The fourth-order valence-corrected chi connectivity index (χ4v) is 2.17. The molecule has 0 saturated carbocycles. The van der Waals surface area contributed by atoms with Crippen LogP contribution in [0, 0.1) is 0 Å². The second-order valence-corrected chi connectivity index (χ2v) is 3.44. The molecule has 2 aromatic rings. The van der Waals surface area contributed by atoms with Gasteiger partial charge in [0.1, 0.15) is 0 Å². The molecule has 0 aliphatic heterocycles. The molecule has 8 heavy (non-hydrogen) atoms. The minimum atomic E-state index is 0.509. The second-order valence-electron chi connectivity index (χ2n) is 1.57. The first-order valence-electron chi connectivity index (χ1n) is 2.34. The van der Waals surface area contributed by atoms with Crippen molar-refractivity contribution in [1.29, 1.82) is 0 Å². The predicted octanol–water partition coefficient (Wildman–Crippen LogP) is 0.620. The van der Waals surface area contributed by atoms with Crippen molar-refractivity contribution in [3.05, 3.63) is 17.2 Å². The first-order valence-corrected chi connectivity index (χ1v) is 4.18. The number of nitrogens with zero attached hydrogens (tertiary/aromatic N) is 1. The van der Waals surface area contributed by atoms with Crippen LogP contribution in [-0.4, -0.2) is 24.7 Å². The summed E-state index contributed by atoms with van der Waals surface area (Å²) < 4.78 is 1.23. The summed E-state index contributed by atoms with van der Waals surface area (Å²) in [5.41, 5.74) is 0. The van der Waals surface area contributed by atoms with Gasteiger partial charge >= 0.3 is 51.7 Å². The number of hydrogen-bond acceptors (Lipinski definition) is 1. The van der Waals surface area contributed by atoms with Gasteiger partial charge in [0.15, 0.2) is 0 Å². The molecule has 1 N–H and O–H groups in total. The molecule has 0 aromatic carbocycles. The third-order valence-corrected chi connectivity index (χ3v) is 2.79. The van der Waals surface area contributed by atoms with Crippen LogP contribution < -0.4 is 0 Å². The summed E-state index contributed by atoms with van der Waals surface area (Å²) in [6.07, 6.45) is 1.93. The van der Waals surface area contributed by atoms with E-state index in [0.717, 1.165) is 0 Å². The molecule has 0 amide bonds. The van der Waals surface area contributed by atoms with Crippen LogP contribution in [0.15, 0.2) is 17.2 Å². The first-order chi connectivity index (χ1) is 3.97. The van der Waals surface area contributed by atoms with E-state index in [9.17, 15) is 0 Å². The molecule has 0 atom stereocenters. The van der Waals surface area contributed by atoms with E-state index in [1.165, 1.54) is 9.78 Å². The van der Waals surface area contributed by atoms with Gasteiger partial charge in [-0.25, -0.2) is 0 Å². The summed E-state index contributed by atoms with van der Waals surface area (Å²) in [5.74, 6) is 0. The van der Waals surface area contributed by atoms with E-state index in [2.05, 4.69) is 21.2 Å². The third kappa shape index (κ3) is 0.457. The van der Waals surface area contributed by atoms with Gasteiger partial charge in [-0.2, -0.15) is 0 Å². The molecule has 0 saturated heterocycles. The van der Waals surface area contributed by atoms with Crippen LogP contribution in [-0.2, 0) is 0 Å². The van der Waals surface area contributed by atoms with E-state index in [1.54, 1.807) is 0 Å². The minimum absolute atomic E-state index is 0.509. The molecule has 2 rings (SSSR count). The van der Waals surface area contributed by atoms with Gasteiger partial charge in [0, 0.05) is 0 Å². The van der Waals surface area contributed by atoms with Crippen molar-refractivity contribution in [3.8, 4) is 0 Å². The van der Waals surface area contributed by atoms with Gasteiger partial charge in [-0.05, 0) is 0 Å². The Balaban J connectivity index is 3.06. The Kier molecular flexibility index (Phi) is 0.801. The zero-order valence-corrected chi connectivity index (χ0v) is 5.80. The Labute approximate surface area is 52.3 Å². The number of rotatable bonds is 0. The Hall–Kier alpha value is -0.531. The number of aromatic amines is 1. The van der Waals surface area contributed by atoms with Crippen LogP contribution in [0.2, 0.25) is 0 Å². The zero-order chi connectivity index (χ0) is 5.40. The molecule has 40 valence electrons. The predicted molar refractivity (Wildman–Crippen MR) is 33.0 cm³/mol. The fraction of sp³-hybridized carbons (Fsp3) is 0. The Morgan fingerprint density at radius 2 is 2.62 bits per heavy atom. The molecule has 0 bridgehead atoms. The molecule has 0 aliphatic carbocycles. The van der Waals surface area contributed by atoms with Gasteiger partial charge in [-0.3, -0.25) is 0 Å².